The quantitative estimate of drug-likeness (QED) is 0.589. The third-order valence-corrected chi connectivity index (χ3v) is 5.44. The zero-order chi connectivity index (χ0) is 21.8. The van der Waals surface area contributed by atoms with Crippen LogP contribution in [0.5, 0.6) is 5.75 Å². The zero-order valence-electron chi connectivity index (χ0n) is 17.2. The van der Waals surface area contributed by atoms with Crippen LogP contribution in [-0.4, -0.2) is 56.7 Å². The Morgan fingerprint density at radius 2 is 1.58 bits per heavy atom. The van der Waals surface area contributed by atoms with Crippen LogP contribution in [0, 0.1) is 5.82 Å². The highest BCUT2D eigenvalue weighted by Gasteiger charge is 2.23. The molecule has 0 spiro atoms. The summed E-state index contributed by atoms with van der Waals surface area (Å²) in [6.45, 7) is 1.94. The number of hydrogen-bond acceptors (Lipinski definition) is 5. The summed E-state index contributed by atoms with van der Waals surface area (Å²) in [6.07, 6.45) is 0. The fraction of sp³-hybridized carbons (Fsp3) is 0.250. The Hall–Kier alpha value is -3.61. The highest BCUT2D eigenvalue weighted by atomic mass is 19.1. The Morgan fingerprint density at radius 3 is 2.23 bits per heavy atom. The number of piperazine rings is 1. The number of carbonyl (C=O) groups excluding carboxylic acids is 2. The van der Waals surface area contributed by atoms with Gasteiger partial charge in [-0.2, -0.15) is 0 Å². The predicted molar refractivity (Wildman–Crippen MR) is 116 cm³/mol. The number of esters is 1. The number of hydrogen-bond donors (Lipinski definition) is 0. The van der Waals surface area contributed by atoms with Crippen molar-refractivity contribution in [2.75, 3.05) is 44.8 Å². The van der Waals surface area contributed by atoms with E-state index in [4.69, 9.17) is 9.47 Å². The minimum atomic E-state index is -0.596. The van der Waals surface area contributed by atoms with Gasteiger partial charge in [0.05, 0.1) is 7.11 Å². The molecular formula is C24H23FN2O4. The molecule has 1 aliphatic rings. The van der Waals surface area contributed by atoms with Crippen LogP contribution in [0.3, 0.4) is 0 Å². The molecule has 1 amide bonds. The third-order valence-electron chi connectivity index (χ3n) is 5.44. The van der Waals surface area contributed by atoms with Crippen molar-refractivity contribution < 1.29 is 23.5 Å². The summed E-state index contributed by atoms with van der Waals surface area (Å²) in [5, 5.41) is 1.84. The molecule has 0 saturated carbocycles. The van der Waals surface area contributed by atoms with E-state index in [1.54, 1.807) is 29.2 Å². The van der Waals surface area contributed by atoms with E-state index in [0.717, 1.165) is 16.5 Å². The van der Waals surface area contributed by atoms with Crippen LogP contribution in [0.4, 0.5) is 10.1 Å². The molecule has 1 saturated heterocycles. The Balaban J connectivity index is 1.34. The minimum absolute atomic E-state index is 0.244. The largest absolute Gasteiger partial charge is 0.496 e. The average molecular weight is 422 g/mol. The van der Waals surface area contributed by atoms with E-state index >= 15 is 0 Å². The second kappa shape index (κ2) is 9.04. The lowest BCUT2D eigenvalue weighted by molar-refractivity contribution is -0.134. The van der Waals surface area contributed by atoms with Crippen LogP contribution >= 0.6 is 0 Å². The summed E-state index contributed by atoms with van der Waals surface area (Å²) in [5.41, 5.74) is 1.21. The van der Waals surface area contributed by atoms with Gasteiger partial charge in [-0.25, -0.2) is 9.18 Å². The number of amides is 1. The van der Waals surface area contributed by atoms with Gasteiger partial charge in [0.15, 0.2) is 6.61 Å². The molecule has 1 heterocycles. The number of fused-ring (bicyclic) bond motifs is 1. The minimum Gasteiger partial charge on any atom is -0.496 e. The van der Waals surface area contributed by atoms with Crippen LogP contribution in [0.25, 0.3) is 10.8 Å². The second-order valence-corrected chi connectivity index (χ2v) is 7.32. The average Bonchev–Trinajstić information content (AvgIpc) is 2.82. The summed E-state index contributed by atoms with van der Waals surface area (Å²) >= 11 is 0. The van der Waals surface area contributed by atoms with E-state index in [0.29, 0.717) is 31.9 Å². The molecule has 1 aliphatic heterocycles. The van der Waals surface area contributed by atoms with Gasteiger partial charge in [-0.15, -0.1) is 0 Å². The summed E-state index contributed by atoms with van der Waals surface area (Å²) in [7, 11) is 1.49. The van der Waals surface area contributed by atoms with E-state index in [1.165, 1.54) is 19.2 Å². The van der Waals surface area contributed by atoms with Crippen molar-refractivity contribution in [3.05, 3.63) is 72.0 Å². The fourth-order valence-electron chi connectivity index (χ4n) is 3.71. The standard InChI is InChI=1S/C24H23FN2O4/c1-30-22-15-18-5-3-2-4-17(18)14-21(22)24(29)31-16-23(28)27-12-10-26(11-13-27)20-8-6-19(25)7-9-20/h2-9,14-15H,10-13,16H2,1H3. The molecule has 31 heavy (non-hydrogen) atoms. The van der Waals surface area contributed by atoms with E-state index in [1.807, 2.05) is 24.3 Å². The van der Waals surface area contributed by atoms with Gasteiger partial charge in [-0.3, -0.25) is 4.79 Å². The first-order valence-electron chi connectivity index (χ1n) is 10.1. The number of rotatable bonds is 5. The van der Waals surface area contributed by atoms with Crippen LogP contribution < -0.4 is 9.64 Å². The van der Waals surface area contributed by atoms with Crippen molar-refractivity contribution in [3.8, 4) is 5.75 Å². The molecule has 3 aromatic rings. The van der Waals surface area contributed by atoms with E-state index in [9.17, 15) is 14.0 Å². The van der Waals surface area contributed by atoms with Crippen LogP contribution in [-0.2, 0) is 9.53 Å². The van der Waals surface area contributed by atoms with Crippen molar-refractivity contribution in [3.63, 3.8) is 0 Å². The highest BCUT2D eigenvalue weighted by Crippen LogP contribution is 2.26. The Kier molecular flexibility index (Phi) is 6.02. The Morgan fingerprint density at radius 1 is 0.935 bits per heavy atom. The topological polar surface area (TPSA) is 59.1 Å². The molecule has 0 aliphatic carbocycles. The molecule has 0 radical (unpaired) electrons. The number of anilines is 1. The first kappa shape index (κ1) is 20.7. The van der Waals surface area contributed by atoms with Crippen molar-refractivity contribution in [2.45, 2.75) is 0 Å². The number of benzene rings is 3. The summed E-state index contributed by atoms with van der Waals surface area (Å²) < 4.78 is 23.7. The lowest BCUT2D eigenvalue weighted by Gasteiger charge is -2.36. The molecule has 6 nitrogen and oxygen atoms in total. The number of methoxy groups -OCH3 is 1. The second-order valence-electron chi connectivity index (χ2n) is 7.32. The summed E-state index contributed by atoms with van der Waals surface area (Å²) in [4.78, 5) is 28.9. The van der Waals surface area contributed by atoms with Gasteiger partial charge in [0.25, 0.3) is 5.91 Å². The van der Waals surface area contributed by atoms with Gasteiger partial charge in [0.2, 0.25) is 0 Å². The first-order valence-corrected chi connectivity index (χ1v) is 10.1. The number of carbonyl (C=O) groups is 2. The molecule has 0 unspecified atom stereocenters. The van der Waals surface area contributed by atoms with Gasteiger partial charge in [0.1, 0.15) is 17.1 Å². The molecule has 0 N–H and O–H groups in total. The number of halogens is 1. The van der Waals surface area contributed by atoms with Gasteiger partial charge in [0, 0.05) is 31.9 Å². The van der Waals surface area contributed by atoms with Crippen LogP contribution in [0.2, 0.25) is 0 Å². The molecule has 3 aromatic carbocycles. The van der Waals surface area contributed by atoms with E-state index < -0.39 is 5.97 Å². The predicted octanol–water partition coefficient (Wildman–Crippen LogP) is 3.49. The van der Waals surface area contributed by atoms with E-state index in [-0.39, 0.29) is 23.9 Å². The monoisotopic (exact) mass is 422 g/mol. The highest BCUT2D eigenvalue weighted by molar-refractivity contribution is 5.99. The lowest BCUT2D eigenvalue weighted by Crippen LogP contribution is -2.49. The molecule has 160 valence electrons. The van der Waals surface area contributed by atoms with Gasteiger partial charge >= 0.3 is 5.97 Å². The molecule has 4 rings (SSSR count). The molecule has 7 heteroatoms. The zero-order valence-corrected chi connectivity index (χ0v) is 17.2. The van der Waals surface area contributed by atoms with Crippen molar-refractivity contribution in [1.82, 2.24) is 4.90 Å². The Labute approximate surface area is 179 Å². The maximum absolute atomic E-state index is 13.1. The van der Waals surface area contributed by atoms with Crippen molar-refractivity contribution in [2.24, 2.45) is 0 Å². The van der Waals surface area contributed by atoms with Gasteiger partial charge in [-0.1, -0.05) is 24.3 Å². The molecule has 0 aromatic heterocycles. The van der Waals surface area contributed by atoms with Crippen LogP contribution in [0.1, 0.15) is 10.4 Å². The normalized spacial score (nSPS) is 13.9. The maximum atomic E-state index is 13.1. The third kappa shape index (κ3) is 4.60. The molecule has 0 atom stereocenters. The molecular weight excluding hydrogens is 399 g/mol. The first-order chi connectivity index (χ1) is 15.0. The van der Waals surface area contributed by atoms with E-state index in [2.05, 4.69) is 4.90 Å². The van der Waals surface area contributed by atoms with Crippen LogP contribution in [0.15, 0.2) is 60.7 Å². The van der Waals surface area contributed by atoms with Gasteiger partial charge in [-0.05, 0) is 47.2 Å². The number of ether oxygens (including phenoxy) is 2. The smallest absolute Gasteiger partial charge is 0.342 e. The lowest BCUT2D eigenvalue weighted by atomic mass is 10.1. The van der Waals surface area contributed by atoms with Gasteiger partial charge < -0.3 is 19.3 Å². The maximum Gasteiger partial charge on any atom is 0.342 e. The summed E-state index contributed by atoms with van der Waals surface area (Å²) in [5.74, 6) is -0.709. The van der Waals surface area contributed by atoms with Crippen molar-refractivity contribution in [1.29, 1.82) is 0 Å². The Bertz CT molecular complexity index is 1090. The SMILES string of the molecule is COc1cc2ccccc2cc1C(=O)OCC(=O)N1CCN(c2ccc(F)cc2)CC1. The summed E-state index contributed by atoms with van der Waals surface area (Å²) in [6, 6.07) is 17.4. The molecule has 0 bridgehead atoms. The number of nitrogens with zero attached hydrogens (tertiary/aromatic N) is 2. The molecule has 1 fully saturated rings. The van der Waals surface area contributed by atoms with Crippen molar-refractivity contribution >= 4 is 28.3 Å². The fourth-order valence-corrected chi connectivity index (χ4v) is 3.71.